The summed E-state index contributed by atoms with van der Waals surface area (Å²) >= 11 is 7.91. The number of imidazole rings is 1. The molecule has 110 valence electrons. The number of alkyl halides is 1. The van der Waals surface area contributed by atoms with Crippen molar-refractivity contribution in [1.29, 1.82) is 0 Å². The molecule has 6 heteroatoms. The minimum atomic E-state index is -0.293. The van der Waals surface area contributed by atoms with E-state index in [1.54, 1.807) is 17.4 Å². The van der Waals surface area contributed by atoms with E-state index in [9.17, 15) is 4.39 Å². The van der Waals surface area contributed by atoms with Crippen molar-refractivity contribution in [2.75, 3.05) is 0 Å². The van der Waals surface area contributed by atoms with E-state index in [0.29, 0.717) is 5.52 Å². The molecule has 3 nitrogen and oxygen atoms in total. The first kappa shape index (κ1) is 14.5. The normalized spacial score (nSPS) is 14.5. The highest BCUT2D eigenvalue weighted by atomic mass is 35.5. The van der Waals surface area contributed by atoms with Gasteiger partial charge in [-0.1, -0.05) is 0 Å². The number of rotatable bonds is 3. The summed E-state index contributed by atoms with van der Waals surface area (Å²) in [7, 11) is 0. The predicted octanol–water partition coefficient (Wildman–Crippen LogP) is 4.85. The lowest BCUT2D eigenvalue weighted by Gasteiger charge is -2.16. The smallest absolute Gasteiger partial charge is 0.128 e. The molecule has 0 amide bonds. The van der Waals surface area contributed by atoms with E-state index in [0.717, 1.165) is 21.2 Å². The summed E-state index contributed by atoms with van der Waals surface area (Å²) in [4.78, 5) is 10.1. The minimum absolute atomic E-state index is 0.00959. The standard InChI is InChI=1S/C15H15ClFN3S/c1-8-7-18-15(21-8)10(3)20-13-5-4-11(17)6-12(13)19-14(20)9(2)16/h4-7,9-10H,1-3H3. The van der Waals surface area contributed by atoms with Gasteiger partial charge in [0.1, 0.15) is 16.6 Å². The maximum Gasteiger partial charge on any atom is 0.128 e. The number of aromatic nitrogens is 3. The topological polar surface area (TPSA) is 30.7 Å². The molecule has 2 unspecified atom stereocenters. The maximum atomic E-state index is 13.4. The highest BCUT2D eigenvalue weighted by molar-refractivity contribution is 7.11. The van der Waals surface area contributed by atoms with Gasteiger partial charge in [0, 0.05) is 17.1 Å². The fourth-order valence-corrected chi connectivity index (χ4v) is 3.42. The van der Waals surface area contributed by atoms with Gasteiger partial charge in [-0.25, -0.2) is 14.4 Å². The van der Waals surface area contributed by atoms with Crippen LogP contribution in [0.3, 0.4) is 0 Å². The Labute approximate surface area is 131 Å². The summed E-state index contributed by atoms with van der Waals surface area (Å²) in [5.41, 5.74) is 1.50. The lowest BCUT2D eigenvalue weighted by Crippen LogP contribution is -2.11. The van der Waals surface area contributed by atoms with Crippen LogP contribution < -0.4 is 0 Å². The van der Waals surface area contributed by atoms with E-state index >= 15 is 0 Å². The zero-order chi connectivity index (χ0) is 15.1. The van der Waals surface area contributed by atoms with Crippen molar-refractivity contribution in [3.8, 4) is 0 Å². The molecule has 2 aromatic heterocycles. The lowest BCUT2D eigenvalue weighted by molar-refractivity contribution is 0.614. The Kier molecular flexibility index (Phi) is 3.71. The zero-order valence-corrected chi connectivity index (χ0v) is 13.5. The Balaban J connectivity index is 2.21. The molecule has 0 saturated carbocycles. The molecule has 21 heavy (non-hydrogen) atoms. The van der Waals surface area contributed by atoms with Crippen LogP contribution in [0.15, 0.2) is 24.4 Å². The van der Waals surface area contributed by atoms with Crippen LogP contribution in [0.2, 0.25) is 0 Å². The van der Waals surface area contributed by atoms with Crippen LogP contribution in [-0.4, -0.2) is 14.5 Å². The van der Waals surface area contributed by atoms with E-state index < -0.39 is 0 Å². The van der Waals surface area contributed by atoms with Gasteiger partial charge in [-0.05, 0) is 32.9 Å². The van der Waals surface area contributed by atoms with Crippen molar-refractivity contribution in [1.82, 2.24) is 14.5 Å². The van der Waals surface area contributed by atoms with Crippen LogP contribution in [-0.2, 0) is 0 Å². The van der Waals surface area contributed by atoms with E-state index in [-0.39, 0.29) is 17.2 Å². The Hall–Kier alpha value is -1.46. The minimum Gasteiger partial charge on any atom is -0.317 e. The number of hydrogen-bond acceptors (Lipinski definition) is 3. The third kappa shape index (κ3) is 2.56. The summed E-state index contributed by atoms with van der Waals surface area (Å²) in [5.74, 6) is 0.441. The Bertz CT molecular complexity index is 793. The summed E-state index contributed by atoms with van der Waals surface area (Å²) in [6, 6.07) is 4.64. The van der Waals surface area contributed by atoms with E-state index in [4.69, 9.17) is 11.6 Å². The van der Waals surface area contributed by atoms with Gasteiger partial charge in [0.25, 0.3) is 0 Å². The van der Waals surface area contributed by atoms with Gasteiger partial charge in [0.2, 0.25) is 0 Å². The van der Waals surface area contributed by atoms with Gasteiger partial charge < -0.3 is 4.57 Å². The predicted molar refractivity (Wildman–Crippen MR) is 84.6 cm³/mol. The Morgan fingerprint density at radius 3 is 2.71 bits per heavy atom. The van der Waals surface area contributed by atoms with Gasteiger partial charge in [0.15, 0.2) is 0 Å². The maximum absolute atomic E-state index is 13.4. The fraction of sp³-hybridized carbons (Fsp3) is 0.333. The van der Waals surface area contributed by atoms with E-state index in [1.165, 1.54) is 12.1 Å². The molecule has 0 spiro atoms. The SMILES string of the molecule is Cc1cnc(C(C)n2c(C(C)Cl)nc3cc(F)ccc32)s1. The number of aryl methyl sites for hydroxylation is 1. The first-order chi connectivity index (χ1) is 9.97. The number of fused-ring (bicyclic) bond motifs is 1. The van der Waals surface area contributed by atoms with Crippen molar-refractivity contribution in [3.63, 3.8) is 0 Å². The number of hydrogen-bond donors (Lipinski definition) is 0. The van der Waals surface area contributed by atoms with Crippen LogP contribution >= 0.6 is 22.9 Å². The van der Waals surface area contributed by atoms with Crippen LogP contribution in [0.25, 0.3) is 11.0 Å². The molecular weight excluding hydrogens is 309 g/mol. The number of benzene rings is 1. The van der Waals surface area contributed by atoms with Gasteiger partial charge in [-0.2, -0.15) is 0 Å². The highest BCUT2D eigenvalue weighted by Crippen LogP contribution is 2.32. The average molecular weight is 324 g/mol. The summed E-state index contributed by atoms with van der Waals surface area (Å²) in [6.07, 6.45) is 1.86. The molecular formula is C15H15ClFN3S. The van der Waals surface area contributed by atoms with Gasteiger partial charge in [0.05, 0.1) is 22.5 Å². The highest BCUT2D eigenvalue weighted by Gasteiger charge is 2.22. The van der Waals surface area contributed by atoms with Crippen LogP contribution in [0.1, 0.15) is 41.0 Å². The Morgan fingerprint density at radius 1 is 1.33 bits per heavy atom. The van der Waals surface area contributed by atoms with Gasteiger partial charge in [-0.3, -0.25) is 0 Å². The third-order valence-electron chi connectivity index (χ3n) is 3.42. The van der Waals surface area contributed by atoms with Crippen LogP contribution in [0, 0.1) is 12.7 Å². The second kappa shape index (κ2) is 5.39. The van der Waals surface area contributed by atoms with Crippen molar-refractivity contribution in [2.24, 2.45) is 0 Å². The molecule has 0 bridgehead atoms. The molecule has 0 radical (unpaired) electrons. The van der Waals surface area contributed by atoms with Gasteiger partial charge in [-0.15, -0.1) is 22.9 Å². The Morgan fingerprint density at radius 2 is 2.10 bits per heavy atom. The molecule has 3 aromatic rings. The summed E-state index contributed by atoms with van der Waals surface area (Å²) in [6.45, 7) is 5.96. The molecule has 1 aromatic carbocycles. The number of nitrogens with zero attached hydrogens (tertiary/aromatic N) is 3. The molecule has 3 rings (SSSR count). The summed E-state index contributed by atoms with van der Waals surface area (Å²) < 4.78 is 15.5. The van der Waals surface area contributed by atoms with E-state index in [2.05, 4.69) is 16.9 Å². The molecule has 0 saturated heterocycles. The van der Waals surface area contributed by atoms with Crippen LogP contribution in [0.4, 0.5) is 4.39 Å². The van der Waals surface area contributed by atoms with Crippen molar-refractivity contribution < 1.29 is 4.39 Å². The largest absolute Gasteiger partial charge is 0.317 e. The lowest BCUT2D eigenvalue weighted by atomic mass is 10.2. The molecule has 0 N–H and O–H groups in total. The van der Waals surface area contributed by atoms with Crippen molar-refractivity contribution in [3.05, 3.63) is 45.9 Å². The molecule has 0 aliphatic heterocycles. The molecule has 0 aliphatic rings. The summed E-state index contributed by atoms with van der Waals surface area (Å²) in [5, 5.41) is 0.735. The third-order valence-corrected chi connectivity index (χ3v) is 4.70. The quantitative estimate of drug-likeness (QED) is 0.645. The van der Waals surface area contributed by atoms with Crippen molar-refractivity contribution in [2.45, 2.75) is 32.2 Å². The van der Waals surface area contributed by atoms with E-state index in [1.807, 2.05) is 24.6 Å². The fourth-order valence-electron chi connectivity index (χ4n) is 2.45. The monoisotopic (exact) mass is 323 g/mol. The molecule has 2 atom stereocenters. The van der Waals surface area contributed by atoms with Crippen LogP contribution in [0.5, 0.6) is 0 Å². The first-order valence-corrected chi connectivity index (χ1v) is 7.96. The second-order valence-electron chi connectivity index (χ2n) is 5.07. The van der Waals surface area contributed by atoms with Gasteiger partial charge >= 0.3 is 0 Å². The molecule has 2 heterocycles. The average Bonchev–Trinajstić information content (AvgIpc) is 3.01. The molecule has 0 fully saturated rings. The number of thiazole rings is 1. The molecule has 0 aliphatic carbocycles. The second-order valence-corrected chi connectivity index (χ2v) is 7.00. The number of halogens is 2. The zero-order valence-electron chi connectivity index (χ0n) is 12.0. The van der Waals surface area contributed by atoms with Crippen molar-refractivity contribution >= 4 is 34.0 Å². The first-order valence-electron chi connectivity index (χ1n) is 6.71.